The number of hydrogen-bond donors (Lipinski definition) is 1. The number of rotatable bonds is 4. The Morgan fingerprint density at radius 2 is 2.12 bits per heavy atom. The first kappa shape index (κ1) is 12.5. The minimum Gasteiger partial charge on any atom is -0.368 e. The van der Waals surface area contributed by atoms with E-state index < -0.39 is 0 Å². The van der Waals surface area contributed by atoms with Crippen LogP contribution >= 0.6 is 27.3 Å². The van der Waals surface area contributed by atoms with E-state index in [2.05, 4.69) is 43.6 Å². The highest BCUT2D eigenvalue weighted by Gasteiger charge is 2.00. The molecule has 2 heterocycles. The topological polar surface area (TPSA) is 37.8 Å². The summed E-state index contributed by atoms with van der Waals surface area (Å²) in [7, 11) is 0. The van der Waals surface area contributed by atoms with Crippen LogP contribution in [0.2, 0.25) is 0 Å². The van der Waals surface area contributed by atoms with E-state index in [-0.39, 0.29) is 0 Å². The van der Waals surface area contributed by atoms with Crippen LogP contribution in [0.4, 0.5) is 5.82 Å². The minimum absolute atomic E-state index is 0.851. The van der Waals surface area contributed by atoms with Crippen molar-refractivity contribution >= 4 is 33.1 Å². The molecule has 0 spiro atoms. The molecule has 2 aromatic rings. The Labute approximate surface area is 113 Å². The van der Waals surface area contributed by atoms with Crippen molar-refractivity contribution in [2.24, 2.45) is 0 Å². The lowest BCUT2D eigenvalue weighted by molar-refractivity contribution is 0.937. The van der Waals surface area contributed by atoms with Crippen LogP contribution in [0.15, 0.2) is 22.0 Å². The maximum Gasteiger partial charge on any atom is 0.148 e. The first-order valence-electron chi connectivity index (χ1n) is 5.44. The van der Waals surface area contributed by atoms with Gasteiger partial charge in [0.2, 0.25) is 0 Å². The van der Waals surface area contributed by atoms with Gasteiger partial charge in [0.15, 0.2) is 0 Å². The van der Waals surface area contributed by atoms with Crippen LogP contribution in [0, 0.1) is 13.8 Å². The van der Waals surface area contributed by atoms with Crippen LogP contribution in [0.5, 0.6) is 0 Å². The standard InChI is InChI=1S/C12H14BrN3S/c1-8-7-12(16-15-9(8)2)14-6-5-10-3-4-11(13)17-10/h3-4,7H,5-6H2,1-2H3,(H,14,16). The first-order chi connectivity index (χ1) is 8.15. The van der Waals surface area contributed by atoms with Gasteiger partial charge >= 0.3 is 0 Å². The minimum atomic E-state index is 0.851. The van der Waals surface area contributed by atoms with Crippen molar-refractivity contribution in [1.82, 2.24) is 10.2 Å². The molecule has 0 aliphatic carbocycles. The molecule has 0 saturated carbocycles. The quantitative estimate of drug-likeness (QED) is 0.938. The summed E-state index contributed by atoms with van der Waals surface area (Å²) in [6, 6.07) is 6.25. The molecule has 0 aliphatic heterocycles. The van der Waals surface area contributed by atoms with E-state index in [1.54, 1.807) is 11.3 Å². The number of thiophene rings is 1. The van der Waals surface area contributed by atoms with Gasteiger partial charge in [-0.3, -0.25) is 0 Å². The Kier molecular flexibility index (Phi) is 4.12. The van der Waals surface area contributed by atoms with Gasteiger partial charge in [0.1, 0.15) is 5.82 Å². The van der Waals surface area contributed by atoms with Crippen LogP contribution in [0.3, 0.4) is 0 Å². The molecule has 90 valence electrons. The molecule has 0 aromatic carbocycles. The molecule has 0 bridgehead atoms. The van der Waals surface area contributed by atoms with Gasteiger partial charge in [-0.25, -0.2) is 0 Å². The molecule has 0 aliphatic rings. The van der Waals surface area contributed by atoms with E-state index in [0.29, 0.717) is 0 Å². The largest absolute Gasteiger partial charge is 0.368 e. The molecular formula is C12H14BrN3S. The average molecular weight is 312 g/mol. The predicted molar refractivity (Wildman–Crippen MR) is 75.7 cm³/mol. The van der Waals surface area contributed by atoms with E-state index >= 15 is 0 Å². The number of nitrogens with one attached hydrogen (secondary N) is 1. The number of aryl methyl sites for hydroxylation is 2. The van der Waals surface area contributed by atoms with E-state index in [1.807, 2.05) is 19.9 Å². The van der Waals surface area contributed by atoms with Crippen molar-refractivity contribution in [3.8, 4) is 0 Å². The molecule has 5 heteroatoms. The lowest BCUT2D eigenvalue weighted by Gasteiger charge is -2.05. The fraction of sp³-hybridized carbons (Fsp3) is 0.333. The Morgan fingerprint density at radius 1 is 1.29 bits per heavy atom. The summed E-state index contributed by atoms with van der Waals surface area (Å²) in [6.45, 7) is 4.89. The smallest absolute Gasteiger partial charge is 0.148 e. The number of hydrogen-bond acceptors (Lipinski definition) is 4. The van der Waals surface area contributed by atoms with Gasteiger partial charge in [0.05, 0.1) is 9.48 Å². The van der Waals surface area contributed by atoms with Crippen molar-refractivity contribution in [2.45, 2.75) is 20.3 Å². The van der Waals surface area contributed by atoms with Gasteiger partial charge in [-0.1, -0.05) is 0 Å². The van der Waals surface area contributed by atoms with Crippen molar-refractivity contribution in [3.05, 3.63) is 38.1 Å². The highest BCUT2D eigenvalue weighted by molar-refractivity contribution is 9.11. The summed E-state index contributed by atoms with van der Waals surface area (Å²) in [6.07, 6.45) is 1.00. The fourth-order valence-corrected chi connectivity index (χ4v) is 2.92. The predicted octanol–water partition coefficient (Wildman–Crippen LogP) is 3.57. The summed E-state index contributed by atoms with van der Waals surface area (Å²) >= 11 is 5.23. The van der Waals surface area contributed by atoms with Crippen LogP contribution in [-0.4, -0.2) is 16.7 Å². The SMILES string of the molecule is Cc1cc(NCCc2ccc(Br)s2)nnc1C. The summed E-state index contributed by atoms with van der Waals surface area (Å²) in [4.78, 5) is 1.36. The van der Waals surface area contributed by atoms with Crippen LogP contribution in [0.25, 0.3) is 0 Å². The second kappa shape index (κ2) is 5.60. The third kappa shape index (κ3) is 3.51. The Balaban J connectivity index is 1.87. The zero-order valence-corrected chi connectivity index (χ0v) is 12.2. The summed E-state index contributed by atoms with van der Waals surface area (Å²) in [5.74, 6) is 0.851. The fourth-order valence-electron chi connectivity index (χ4n) is 1.43. The normalized spacial score (nSPS) is 10.5. The van der Waals surface area contributed by atoms with Crippen molar-refractivity contribution in [3.63, 3.8) is 0 Å². The average Bonchev–Trinajstić information content (AvgIpc) is 2.70. The van der Waals surface area contributed by atoms with Gasteiger partial charge in [-0.15, -0.1) is 16.4 Å². The monoisotopic (exact) mass is 311 g/mol. The molecule has 0 atom stereocenters. The number of anilines is 1. The van der Waals surface area contributed by atoms with Gasteiger partial charge in [0.25, 0.3) is 0 Å². The second-order valence-corrected chi connectivity index (χ2v) is 6.43. The Morgan fingerprint density at radius 3 is 2.76 bits per heavy atom. The molecule has 3 nitrogen and oxygen atoms in total. The number of halogens is 1. The molecular weight excluding hydrogens is 298 g/mol. The second-order valence-electron chi connectivity index (χ2n) is 3.88. The third-order valence-corrected chi connectivity index (χ3v) is 4.22. The van der Waals surface area contributed by atoms with Crippen molar-refractivity contribution in [2.75, 3.05) is 11.9 Å². The molecule has 2 aromatic heterocycles. The van der Waals surface area contributed by atoms with Crippen LogP contribution < -0.4 is 5.32 Å². The zero-order valence-electron chi connectivity index (χ0n) is 9.83. The highest BCUT2D eigenvalue weighted by Crippen LogP contribution is 2.22. The van der Waals surface area contributed by atoms with Gasteiger partial charge < -0.3 is 5.32 Å². The van der Waals surface area contributed by atoms with E-state index in [4.69, 9.17) is 0 Å². The Bertz CT molecular complexity index is 510. The van der Waals surface area contributed by atoms with Crippen molar-refractivity contribution < 1.29 is 0 Å². The van der Waals surface area contributed by atoms with Gasteiger partial charge in [-0.2, -0.15) is 5.10 Å². The van der Waals surface area contributed by atoms with E-state index in [0.717, 1.165) is 24.5 Å². The highest BCUT2D eigenvalue weighted by atomic mass is 79.9. The van der Waals surface area contributed by atoms with E-state index in [1.165, 1.54) is 14.2 Å². The van der Waals surface area contributed by atoms with Gasteiger partial charge in [0, 0.05) is 11.4 Å². The lowest BCUT2D eigenvalue weighted by atomic mass is 10.2. The maximum absolute atomic E-state index is 4.11. The molecule has 1 N–H and O–H groups in total. The summed E-state index contributed by atoms with van der Waals surface area (Å²) in [5.41, 5.74) is 2.15. The van der Waals surface area contributed by atoms with Gasteiger partial charge in [-0.05, 0) is 60.0 Å². The zero-order chi connectivity index (χ0) is 12.3. The first-order valence-corrected chi connectivity index (χ1v) is 7.05. The van der Waals surface area contributed by atoms with E-state index in [9.17, 15) is 0 Å². The third-order valence-electron chi connectivity index (χ3n) is 2.54. The molecule has 0 fully saturated rings. The molecule has 0 unspecified atom stereocenters. The number of aromatic nitrogens is 2. The molecule has 0 amide bonds. The van der Waals surface area contributed by atoms with Crippen LogP contribution in [0.1, 0.15) is 16.1 Å². The maximum atomic E-state index is 4.11. The number of nitrogens with zero attached hydrogens (tertiary/aromatic N) is 2. The van der Waals surface area contributed by atoms with Crippen LogP contribution in [-0.2, 0) is 6.42 Å². The Hall–Kier alpha value is -0.940. The molecule has 2 rings (SSSR count). The molecule has 0 saturated heterocycles. The molecule has 0 radical (unpaired) electrons. The molecule has 17 heavy (non-hydrogen) atoms. The lowest BCUT2D eigenvalue weighted by Crippen LogP contribution is -2.07. The van der Waals surface area contributed by atoms with Crippen molar-refractivity contribution in [1.29, 1.82) is 0 Å². The summed E-state index contributed by atoms with van der Waals surface area (Å²) < 4.78 is 1.18. The summed E-state index contributed by atoms with van der Waals surface area (Å²) in [5, 5.41) is 11.5.